The second-order valence-electron chi connectivity index (χ2n) is 21.8. The number of hydrogen-bond donors (Lipinski definition) is 8. The average Bonchev–Trinajstić information content (AvgIpc) is 3.46. The molecule has 77 heavy (non-hydrogen) atoms. The molecular formula is C63H97ClN4O9. The minimum absolute atomic E-state index is 0. The van der Waals surface area contributed by atoms with Crippen LogP contribution in [0.4, 0.5) is 0 Å². The van der Waals surface area contributed by atoms with E-state index in [1.54, 1.807) is 28.4 Å². The lowest BCUT2D eigenvalue weighted by atomic mass is 9.73. The van der Waals surface area contributed by atoms with Crippen LogP contribution in [0.3, 0.4) is 0 Å². The summed E-state index contributed by atoms with van der Waals surface area (Å²) < 4.78 is 20.7. The molecule has 0 heterocycles. The summed E-state index contributed by atoms with van der Waals surface area (Å²) in [6.07, 6.45) is 21.4. The number of nitrogens with two attached hydrogens (primary N) is 1. The van der Waals surface area contributed by atoms with Crippen molar-refractivity contribution in [2.24, 2.45) is 5.73 Å². The lowest BCUT2D eigenvalue weighted by molar-refractivity contribution is -0.110. The van der Waals surface area contributed by atoms with E-state index >= 15 is 0 Å². The summed E-state index contributed by atoms with van der Waals surface area (Å²) in [5.41, 5.74) is 7.99. The van der Waals surface area contributed by atoms with Gasteiger partial charge in [0.25, 0.3) is 0 Å². The van der Waals surface area contributed by atoms with Crippen LogP contribution in [0.1, 0.15) is 174 Å². The van der Waals surface area contributed by atoms with E-state index in [-0.39, 0.29) is 36.1 Å². The molecule has 4 aliphatic rings. The van der Waals surface area contributed by atoms with Crippen molar-refractivity contribution in [3.8, 4) is 23.0 Å². The van der Waals surface area contributed by atoms with Crippen LogP contribution >= 0.6 is 12.4 Å². The number of nitrogens with one attached hydrogen (secondary N) is 3. The van der Waals surface area contributed by atoms with Crippen LogP contribution in [-0.4, -0.2) is 118 Å². The summed E-state index contributed by atoms with van der Waals surface area (Å²) in [7, 11) is 10.5. The van der Waals surface area contributed by atoms with Gasteiger partial charge in [0, 0.05) is 49.9 Å². The third-order valence-corrected chi connectivity index (χ3v) is 17.0. The van der Waals surface area contributed by atoms with Crippen molar-refractivity contribution in [2.45, 2.75) is 174 Å². The molecule has 4 aromatic rings. The van der Waals surface area contributed by atoms with Gasteiger partial charge in [-0.25, -0.2) is 0 Å². The van der Waals surface area contributed by atoms with E-state index in [0.29, 0.717) is 19.5 Å². The number of aliphatic hydroxyl groups is 4. The Hall–Kier alpha value is -4.44. The van der Waals surface area contributed by atoms with E-state index in [9.17, 15) is 25.2 Å². The summed E-state index contributed by atoms with van der Waals surface area (Å²) in [5, 5.41) is 52.9. The fourth-order valence-corrected chi connectivity index (χ4v) is 12.5. The highest BCUT2D eigenvalue weighted by Crippen LogP contribution is 2.43. The first-order chi connectivity index (χ1) is 36.8. The summed E-state index contributed by atoms with van der Waals surface area (Å²) in [6.45, 7) is 2.57. The highest BCUT2D eigenvalue weighted by atomic mass is 35.5. The van der Waals surface area contributed by atoms with Gasteiger partial charge in [0.05, 0.1) is 50.8 Å². The predicted molar refractivity (Wildman–Crippen MR) is 313 cm³/mol. The Kier molecular flexibility index (Phi) is 28.1. The van der Waals surface area contributed by atoms with E-state index in [1.165, 1.54) is 36.8 Å². The molecule has 0 aliphatic heterocycles. The van der Waals surface area contributed by atoms with Crippen LogP contribution in [0.25, 0.3) is 0 Å². The molecule has 430 valence electrons. The van der Waals surface area contributed by atoms with E-state index in [0.717, 1.165) is 150 Å². The number of carbonyl (C=O) groups is 1. The number of ether oxygens (including phenoxy) is 4. The minimum atomic E-state index is -0.719. The Labute approximate surface area is 468 Å². The Morgan fingerprint density at radius 3 is 0.844 bits per heavy atom. The first kappa shape index (κ1) is 65.1. The zero-order chi connectivity index (χ0) is 54.9. The molecule has 8 rings (SSSR count). The zero-order valence-corrected chi connectivity index (χ0v) is 48.2. The van der Waals surface area contributed by atoms with Crippen molar-refractivity contribution in [3.05, 3.63) is 119 Å². The smallest absolute Gasteiger partial charge is 0.207 e. The van der Waals surface area contributed by atoms with Gasteiger partial charge >= 0.3 is 0 Å². The maximum absolute atomic E-state index is 11.0. The van der Waals surface area contributed by atoms with E-state index in [4.69, 9.17) is 24.7 Å². The molecule has 4 unspecified atom stereocenters. The summed E-state index contributed by atoms with van der Waals surface area (Å²) >= 11 is 0. The number of benzene rings is 4. The van der Waals surface area contributed by atoms with Crippen molar-refractivity contribution in [1.82, 2.24) is 16.0 Å². The normalized spacial score (nSPS) is 19.6. The van der Waals surface area contributed by atoms with Crippen molar-refractivity contribution in [1.29, 1.82) is 0 Å². The van der Waals surface area contributed by atoms with Gasteiger partial charge in [-0.05, 0) is 136 Å². The van der Waals surface area contributed by atoms with Gasteiger partial charge in [0.2, 0.25) is 6.41 Å². The molecular weight excluding hydrogens is 992 g/mol. The molecule has 13 nitrogen and oxygen atoms in total. The lowest BCUT2D eigenvalue weighted by Gasteiger charge is -2.39. The van der Waals surface area contributed by atoms with Crippen molar-refractivity contribution in [2.75, 3.05) is 68.7 Å². The van der Waals surface area contributed by atoms with Crippen molar-refractivity contribution < 1.29 is 44.2 Å². The molecule has 4 saturated carbocycles. The minimum Gasteiger partial charge on any atom is -0.497 e. The van der Waals surface area contributed by atoms with E-state index in [2.05, 4.69) is 40.2 Å². The third-order valence-electron chi connectivity index (χ3n) is 17.0. The van der Waals surface area contributed by atoms with Crippen LogP contribution in [0.5, 0.6) is 23.0 Å². The maximum Gasteiger partial charge on any atom is 0.207 e. The Balaban J connectivity index is 0.000000221. The van der Waals surface area contributed by atoms with Gasteiger partial charge < -0.3 is 61.1 Å². The molecule has 0 aromatic heterocycles. The van der Waals surface area contributed by atoms with Crippen LogP contribution in [0, 0.1) is 0 Å². The van der Waals surface area contributed by atoms with Gasteiger partial charge in [-0.1, -0.05) is 126 Å². The number of halogens is 1. The second-order valence-corrected chi connectivity index (χ2v) is 21.8. The first-order valence-corrected chi connectivity index (χ1v) is 28.4. The predicted octanol–water partition coefficient (Wildman–Crippen LogP) is 10.5. The van der Waals surface area contributed by atoms with Crippen molar-refractivity contribution in [3.63, 3.8) is 0 Å². The second kappa shape index (κ2) is 33.2. The van der Waals surface area contributed by atoms with Gasteiger partial charge in [0.15, 0.2) is 0 Å². The molecule has 1 amide bonds. The molecule has 14 heteroatoms. The Bertz CT molecular complexity index is 2110. The third kappa shape index (κ3) is 18.8. The van der Waals surface area contributed by atoms with E-state index in [1.807, 2.05) is 86.9 Å². The summed E-state index contributed by atoms with van der Waals surface area (Å²) in [6, 6.07) is 31.9. The number of rotatable bonds is 20. The number of amides is 1. The van der Waals surface area contributed by atoms with Crippen molar-refractivity contribution >= 4 is 18.8 Å². The van der Waals surface area contributed by atoms with Crippen LogP contribution in [0.2, 0.25) is 0 Å². The number of carbonyl (C=O) groups excluding carboxylic acids is 1. The van der Waals surface area contributed by atoms with Gasteiger partial charge in [-0.15, -0.1) is 12.4 Å². The molecule has 4 atom stereocenters. The molecule has 4 aliphatic carbocycles. The number of hydrogen-bond acceptors (Lipinski definition) is 12. The summed E-state index contributed by atoms with van der Waals surface area (Å²) in [5.74, 6) is 3.64. The topological polar surface area (TPSA) is 197 Å². The number of methoxy groups -OCH3 is 4. The Morgan fingerprint density at radius 2 is 0.636 bits per heavy atom. The fraction of sp³-hybridized carbons (Fsp3) is 0.603. The first-order valence-electron chi connectivity index (χ1n) is 28.4. The quantitative estimate of drug-likeness (QED) is 0.0391. The molecule has 9 N–H and O–H groups in total. The number of likely N-dealkylation sites (N-methyl/N-ethyl adjacent to an activating group) is 2. The maximum atomic E-state index is 11.0. The zero-order valence-electron chi connectivity index (χ0n) is 47.4. The average molecular weight is 1090 g/mol. The standard InChI is InChI=1S/C16H23NO3.2C16H25NO2.C15H23NO2.ClH/c1-20-14-7-5-13(6-8-14)15(11-17-12-18)16(19)9-3-2-4-10-16;2*1-17-12-15(16(18)10-4-3-5-11-16)13-6-8-14(19-2)9-7-13;1-18-13-7-5-12(6-8-13)14(11-16)15(17)9-3-2-4-10-15;/h5-8,12,15,19H,2-4,9-11H2,1H3,(H,17,18);2*6-9,15,17-18H,3-5,10-12H2,1-2H3;5-8,14,17H,2-4,9-11,16H2,1H3;1H. The monoisotopic (exact) mass is 1090 g/mol. The lowest BCUT2D eigenvalue weighted by Crippen LogP contribution is -2.42. The van der Waals surface area contributed by atoms with Crippen LogP contribution < -0.4 is 40.6 Å². The highest BCUT2D eigenvalue weighted by molar-refractivity contribution is 5.85. The molecule has 0 spiro atoms. The molecule has 0 saturated heterocycles. The molecule has 4 fully saturated rings. The van der Waals surface area contributed by atoms with Gasteiger partial charge in [-0.3, -0.25) is 4.79 Å². The van der Waals surface area contributed by atoms with Gasteiger partial charge in [0.1, 0.15) is 23.0 Å². The fourth-order valence-electron chi connectivity index (χ4n) is 12.5. The summed E-state index contributed by atoms with van der Waals surface area (Å²) in [4.78, 5) is 10.6. The SMILES string of the molecule is CNCC(c1ccc(OC)cc1)C1(O)CCCCC1.CNCC(c1ccc(OC)cc1)C1(O)CCCCC1.COc1ccc(C(CN)C2(O)CCCCC2)cc1.COc1ccc(C(CNC=O)C2(O)CCCCC2)cc1.Cl. The van der Waals surface area contributed by atoms with Crippen LogP contribution in [0.15, 0.2) is 97.1 Å². The molecule has 0 radical (unpaired) electrons. The Morgan fingerprint density at radius 1 is 0.416 bits per heavy atom. The molecule has 4 aromatic carbocycles. The highest BCUT2D eigenvalue weighted by Gasteiger charge is 2.41. The van der Waals surface area contributed by atoms with Gasteiger partial charge in [-0.2, -0.15) is 0 Å². The largest absolute Gasteiger partial charge is 0.497 e. The van der Waals surface area contributed by atoms with Crippen LogP contribution in [-0.2, 0) is 4.79 Å². The molecule has 0 bridgehead atoms. The van der Waals surface area contributed by atoms with E-state index < -0.39 is 22.4 Å².